The molecule has 2 nitrogen and oxygen atoms in total. The molecule has 0 bridgehead atoms. The highest BCUT2D eigenvalue weighted by Crippen LogP contribution is 2.29. The van der Waals surface area contributed by atoms with Gasteiger partial charge in [-0.05, 0) is 42.3 Å². The van der Waals surface area contributed by atoms with Crippen LogP contribution >= 0.6 is 15.9 Å². The molecule has 0 heterocycles. The Balaban J connectivity index is 2.38. The van der Waals surface area contributed by atoms with Crippen LogP contribution in [-0.2, 0) is 0 Å². The van der Waals surface area contributed by atoms with E-state index in [1.54, 1.807) is 37.4 Å². The van der Waals surface area contributed by atoms with Gasteiger partial charge in [-0.2, -0.15) is 0 Å². The molecule has 0 amide bonds. The lowest BCUT2D eigenvalue weighted by atomic mass is 9.99. The van der Waals surface area contributed by atoms with Crippen molar-refractivity contribution in [1.29, 1.82) is 0 Å². The van der Waals surface area contributed by atoms with Crippen molar-refractivity contribution in [3.63, 3.8) is 0 Å². The Kier molecular flexibility index (Phi) is 4.22. The molecular formula is C15H14BrFO2. The van der Waals surface area contributed by atoms with E-state index >= 15 is 0 Å². The van der Waals surface area contributed by atoms with Crippen LogP contribution in [0.3, 0.4) is 0 Å². The highest BCUT2D eigenvalue weighted by molar-refractivity contribution is 9.10. The van der Waals surface area contributed by atoms with Crippen molar-refractivity contribution in [2.24, 2.45) is 0 Å². The maximum absolute atomic E-state index is 13.8. The van der Waals surface area contributed by atoms with Crippen LogP contribution in [0.25, 0.3) is 0 Å². The van der Waals surface area contributed by atoms with Gasteiger partial charge in [-0.15, -0.1) is 0 Å². The number of halogens is 2. The summed E-state index contributed by atoms with van der Waals surface area (Å²) in [4.78, 5) is 0. The third-order valence-electron chi connectivity index (χ3n) is 2.99. The highest BCUT2D eigenvalue weighted by atomic mass is 79.9. The van der Waals surface area contributed by atoms with Crippen molar-refractivity contribution in [2.45, 2.75) is 13.0 Å². The van der Waals surface area contributed by atoms with Crippen molar-refractivity contribution in [3.8, 4) is 5.75 Å². The van der Waals surface area contributed by atoms with E-state index in [9.17, 15) is 9.50 Å². The number of aliphatic hydroxyl groups is 1. The normalized spacial score (nSPS) is 12.3. The Hall–Kier alpha value is -1.39. The zero-order chi connectivity index (χ0) is 14.0. The largest absolute Gasteiger partial charge is 0.496 e. The van der Waals surface area contributed by atoms with E-state index in [1.807, 2.05) is 6.92 Å². The summed E-state index contributed by atoms with van der Waals surface area (Å²) in [6.07, 6.45) is -0.988. The summed E-state index contributed by atoms with van der Waals surface area (Å²) in [6, 6.07) is 9.92. The van der Waals surface area contributed by atoms with Crippen molar-refractivity contribution >= 4 is 15.9 Å². The molecule has 0 aliphatic rings. The van der Waals surface area contributed by atoms with Crippen molar-refractivity contribution in [3.05, 3.63) is 63.4 Å². The molecule has 100 valence electrons. The van der Waals surface area contributed by atoms with Gasteiger partial charge < -0.3 is 9.84 Å². The van der Waals surface area contributed by atoms with Gasteiger partial charge in [-0.1, -0.05) is 28.1 Å². The lowest BCUT2D eigenvalue weighted by molar-refractivity contribution is 0.214. The van der Waals surface area contributed by atoms with E-state index in [4.69, 9.17) is 4.74 Å². The molecule has 1 unspecified atom stereocenters. The van der Waals surface area contributed by atoms with Crippen molar-refractivity contribution < 1.29 is 14.2 Å². The summed E-state index contributed by atoms with van der Waals surface area (Å²) in [5.74, 6) is 0.308. The summed E-state index contributed by atoms with van der Waals surface area (Å²) < 4.78 is 19.6. The zero-order valence-electron chi connectivity index (χ0n) is 10.7. The monoisotopic (exact) mass is 324 g/mol. The summed E-state index contributed by atoms with van der Waals surface area (Å²) in [5.41, 5.74) is 1.80. The number of aliphatic hydroxyl groups excluding tert-OH is 1. The smallest absolute Gasteiger partial charge is 0.130 e. The zero-order valence-corrected chi connectivity index (χ0v) is 12.2. The van der Waals surface area contributed by atoms with Crippen LogP contribution in [0.15, 0.2) is 40.9 Å². The fraction of sp³-hybridized carbons (Fsp3) is 0.200. The van der Waals surface area contributed by atoms with E-state index in [0.717, 1.165) is 11.3 Å². The Bertz CT molecular complexity index is 599. The first-order valence-corrected chi connectivity index (χ1v) is 6.59. The molecule has 0 saturated heterocycles. The Labute approximate surface area is 120 Å². The van der Waals surface area contributed by atoms with Crippen LogP contribution in [0.1, 0.15) is 22.8 Å². The third-order valence-corrected chi connectivity index (χ3v) is 3.48. The second kappa shape index (κ2) is 5.72. The average Bonchev–Trinajstić information content (AvgIpc) is 2.38. The molecule has 2 aromatic rings. The number of benzene rings is 2. The molecule has 0 aliphatic heterocycles. The Morgan fingerprint density at radius 1 is 1.21 bits per heavy atom. The van der Waals surface area contributed by atoms with Crippen LogP contribution < -0.4 is 4.74 Å². The van der Waals surface area contributed by atoms with Gasteiger partial charge in [0.05, 0.1) is 7.11 Å². The molecule has 0 radical (unpaired) electrons. The van der Waals surface area contributed by atoms with E-state index in [1.165, 1.54) is 6.07 Å². The van der Waals surface area contributed by atoms with Gasteiger partial charge in [-0.25, -0.2) is 4.39 Å². The second-order valence-corrected chi connectivity index (χ2v) is 5.21. The molecular weight excluding hydrogens is 311 g/mol. The maximum atomic E-state index is 13.8. The highest BCUT2D eigenvalue weighted by Gasteiger charge is 2.16. The molecule has 0 saturated carbocycles. The molecule has 0 aromatic heterocycles. The van der Waals surface area contributed by atoms with Gasteiger partial charge in [0, 0.05) is 10.0 Å². The van der Waals surface area contributed by atoms with Crippen molar-refractivity contribution in [1.82, 2.24) is 0 Å². The van der Waals surface area contributed by atoms with Gasteiger partial charge in [0.25, 0.3) is 0 Å². The summed E-state index contributed by atoms with van der Waals surface area (Å²) in [7, 11) is 1.59. The molecule has 2 rings (SSSR count). The van der Waals surface area contributed by atoms with Gasteiger partial charge in [-0.3, -0.25) is 0 Å². The number of methoxy groups -OCH3 is 1. The molecule has 1 atom stereocenters. The summed E-state index contributed by atoms with van der Waals surface area (Å²) >= 11 is 3.19. The van der Waals surface area contributed by atoms with Crippen LogP contribution in [0, 0.1) is 12.7 Å². The molecule has 0 spiro atoms. The average molecular weight is 325 g/mol. The molecule has 0 aliphatic carbocycles. The Morgan fingerprint density at radius 3 is 2.53 bits per heavy atom. The summed E-state index contributed by atoms with van der Waals surface area (Å²) in [5, 5.41) is 10.3. The lowest BCUT2D eigenvalue weighted by Gasteiger charge is -2.14. The first-order valence-electron chi connectivity index (χ1n) is 5.80. The van der Waals surface area contributed by atoms with E-state index in [2.05, 4.69) is 15.9 Å². The minimum atomic E-state index is -0.988. The first kappa shape index (κ1) is 14.0. The number of ether oxygens (including phenoxy) is 1. The van der Waals surface area contributed by atoms with Crippen LogP contribution in [0.5, 0.6) is 5.75 Å². The van der Waals surface area contributed by atoms with E-state index in [-0.39, 0.29) is 5.56 Å². The predicted molar refractivity (Wildman–Crippen MR) is 75.9 cm³/mol. The van der Waals surface area contributed by atoms with Crippen molar-refractivity contribution in [2.75, 3.05) is 7.11 Å². The number of hydrogen-bond donors (Lipinski definition) is 1. The molecule has 1 N–H and O–H groups in total. The maximum Gasteiger partial charge on any atom is 0.130 e. The minimum absolute atomic E-state index is 0.257. The van der Waals surface area contributed by atoms with Crippen LogP contribution in [-0.4, -0.2) is 12.2 Å². The fourth-order valence-corrected chi connectivity index (χ4v) is 2.31. The standard InChI is InChI=1S/C15H14BrFO2/c1-9-7-10(3-6-14(9)19-2)15(18)12-5-4-11(16)8-13(12)17/h3-8,15,18H,1-2H3. The van der Waals surface area contributed by atoms with Gasteiger partial charge in [0.1, 0.15) is 17.7 Å². The topological polar surface area (TPSA) is 29.5 Å². The van der Waals surface area contributed by atoms with Gasteiger partial charge in [0.2, 0.25) is 0 Å². The number of rotatable bonds is 3. The SMILES string of the molecule is COc1ccc(C(O)c2ccc(Br)cc2F)cc1C. The van der Waals surface area contributed by atoms with E-state index < -0.39 is 11.9 Å². The quantitative estimate of drug-likeness (QED) is 0.925. The second-order valence-electron chi connectivity index (χ2n) is 4.30. The van der Waals surface area contributed by atoms with E-state index in [0.29, 0.717) is 10.0 Å². The van der Waals surface area contributed by atoms with Gasteiger partial charge in [0.15, 0.2) is 0 Å². The van der Waals surface area contributed by atoms with Gasteiger partial charge >= 0.3 is 0 Å². The third kappa shape index (κ3) is 2.96. The first-order chi connectivity index (χ1) is 9.02. The Morgan fingerprint density at radius 2 is 1.95 bits per heavy atom. The molecule has 0 fully saturated rings. The number of hydrogen-bond acceptors (Lipinski definition) is 2. The molecule has 4 heteroatoms. The lowest BCUT2D eigenvalue weighted by Crippen LogP contribution is -2.03. The molecule has 2 aromatic carbocycles. The van der Waals surface area contributed by atoms with Crippen LogP contribution in [0.4, 0.5) is 4.39 Å². The molecule has 19 heavy (non-hydrogen) atoms. The fourth-order valence-electron chi connectivity index (χ4n) is 1.97. The minimum Gasteiger partial charge on any atom is -0.496 e. The van der Waals surface area contributed by atoms with Crippen LogP contribution in [0.2, 0.25) is 0 Å². The predicted octanol–water partition coefficient (Wildman–Crippen LogP) is 3.99. The number of aryl methyl sites for hydroxylation is 1. The summed E-state index contributed by atoms with van der Waals surface area (Å²) in [6.45, 7) is 1.88.